The number of ether oxygens (including phenoxy) is 1. The lowest BCUT2D eigenvalue weighted by Crippen LogP contribution is -2.48. The van der Waals surface area contributed by atoms with Crippen molar-refractivity contribution in [3.63, 3.8) is 0 Å². The monoisotopic (exact) mass is 520 g/mol. The lowest BCUT2D eigenvalue weighted by molar-refractivity contribution is -0.119. The molecule has 1 N–H and O–H groups in total. The Kier molecular flexibility index (Phi) is 6.88. The van der Waals surface area contributed by atoms with Crippen LogP contribution in [0.2, 0.25) is 0 Å². The lowest BCUT2D eigenvalue weighted by Gasteiger charge is -2.26. The molecule has 3 amide bonds. The molecule has 34 heavy (non-hydrogen) atoms. The molecule has 0 fully saturated rings. The molecule has 1 heterocycles. The smallest absolute Gasteiger partial charge is 0.340 e. The number of carbonyl (C=O) groups is 4. The zero-order valence-corrected chi connectivity index (χ0v) is 19.9. The third kappa shape index (κ3) is 4.63. The molecule has 8 heteroatoms. The van der Waals surface area contributed by atoms with Gasteiger partial charge in [0.05, 0.1) is 29.0 Å². The van der Waals surface area contributed by atoms with Crippen molar-refractivity contribution in [1.82, 2.24) is 4.90 Å². The predicted octanol–water partition coefficient (Wildman–Crippen LogP) is 4.47. The number of anilines is 1. The first kappa shape index (κ1) is 23.4. The molecule has 4 rings (SSSR count). The summed E-state index contributed by atoms with van der Waals surface area (Å²) in [6.07, 6.45) is 0.103. The van der Waals surface area contributed by atoms with Crippen LogP contribution >= 0.6 is 15.9 Å². The van der Waals surface area contributed by atoms with Crippen LogP contribution in [0.25, 0.3) is 0 Å². The second-order valence-corrected chi connectivity index (χ2v) is 8.54. The summed E-state index contributed by atoms with van der Waals surface area (Å²) in [7, 11) is 0. The molecular weight excluding hydrogens is 500 g/mol. The van der Waals surface area contributed by atoms with Crippen molar-refractivity contribution in [1.29, 1.82) is 0 Å². The second kappa shape index (κ2) is 10.0. The molecule has 172 valence electrons. The Morgan fingerprint density at radius 1 is 0.912 bits per heavy atom. The number of hydrogen-bond acceptors (Lipinski definition) is 5. The molecule has 3 aromatic rings. The molecule has 0 saturated heterocycles. The normalized spacial score (nSPS) is 13.4. The van der Waals surface area contributed by atoms with Gasteiger partial charge in [0.2, 0.25) is 5.91 Å². The number of fused-ring (bicyclic) bond motifs is 1. The van der Waals surface area contributed by atoms with Crippen LogP contribution in [0.15, 0.2) is 77.3 Å². The summed E-state index contributed by atoms with van der Waals surface area (Å²) < 4.78 is 5.94. The van der Waals surface area contributed by atoms with Crippen LogP contribution in [0.4, 0.5) is 5.69 Å². The maximum Gasteiger partial charge on any atom is 0.340 e. The number of carbonyl (C=O) groups excluding carboxylic acids is 4. The van der Waals surface area contributed by atoms with Gasteiger partial charge in [-0.05, 0) is 48.9 Å². The minimum absolute atomic E-state index is 0.103. The van der Waals surface area contributed by atoms with E-state index in [1.165, 1.54) is 0 Å². The molecule has 0 saturated carbocycles. The Hall–Kier alpha value is -3.78. The molecule has 1 aliphatic heterocycles. The number of amides is 3. The first-order valence-electron chi connectivity index (χ1n) is 10.7. The number of imide groups is 1. The van der Waals surface area contributed by atoms with E-state index in [2.05, 4.69) is 21.2 Å². The summed E-state index contributed by atoms with van der Waals surface area (Å²) in [6, 6.07) is 19.1. The highest BCUT2D eigenvalue weighted by molar-refractivity contribution is 9.10. The van der Waals surface area contributed by atoms with Crippen LogP contribution in [0.1, 0.15) is 43.6 Å². The van der Waals surface area contributed by atoms with E-state index in [4.69, 9.17) is 4.74 Å². The van der Waals surface area contributed by atoms with Gasteiger partial charge in [0.15, 0.2) is 0 Å². The third-order valence-electron chi connectivity index (χ3n) is 5.46. The number of nitrogens with zero attached hydrogens (tertiary/aromatic N) is 1. The average Bonchev–Trinajstić information content (AvgIpc) is 3.09. The molecule has 0 radical (unpaired) electrons. The second-order valence-electron chi connectivity index (χ2n) is 7.63. The highest BCUT2D eigenvalue weighted by Crippen LogP contribution is 2.27. The summed E-state index contributed by atoms with van der Waals surface area (Å²) in [6.45, 7) is 1.87. The molecule has 7 nitrogen and oxygen atoms in total. The minimum atomic E-state index is -1.14. The maximum atomic E-state index is 13.5. The maximum absolute atomic E-state index is 13.5. The zero-order valence-electron chi connectivity index (χ0n) is 18.3. The fourth-order valence-electron chi connectivity index (χ4n) is 3.83. The Morgan fingerprint density at radius 3 is 2.12 bits per heavy atom. The molecule has 1 unspecified atom stereocenters. The van der Waals surface area contributed by atoms with E-state index >= 15 is 0 Å². The quantitative estimate of drug-likeness (QED) is 0.366. The number of halogens is 1. The molecule has 3 aromatic carbocycles. The standard InChI is InChI=1S/C26H21BrN2O5/c1-2-34-26(33)20-9-5-6-10-21(20)28-23(30)22(15-16-11-13-17(27)14-12-16)29-24(31)18-7-3-4-8-19(18)25(29)32/h3-14,22H,2,15H2,1H3,(H,28,30). The number of hydrogen-bond donors (Lipinski definition) is 1. The Balaban J connectivity index is 1.69. The van der Waals surface area contributed by atoms with E-state index in [0.717, 1.165) is 14.9 Å². The molecule has 0 aliphatic carbocycles. The van der Waals surface area contributed by atoms with E-state index in [1.54, 1.807) is 55.5 Å². The Labute approximate surface area is 204 Å². The van der Waals surface area contributed by atoms with Crippen molar-refractivity contribution in [2.45, 2.75) is 19.4 Å². The van der Waals surface area contributed by atoms with Crippen molar-refractivity contribution in [3.05, 3.63) is 99.5 Å². The lowest BCUT2D eigenvalue weighted by atomic mass is 10.0. The van der Waals surface area contributed by atoms with Gasteiger partial charge in [0.1, 0.15) is 6.04 Å². The third-order valence-corrected chi connectivity index (χ3v) is 5.99. The molecule has 1 atom stereocenters. The van der Waals surface area contributed by atoms with Crippen LogP contribution in [-0.4, -0.2) is 41.2 Å². The van der Waals surface area contributed by atoms with Crippen LogP contribution in [0.3, 0.4) is 0 Å². The molecule has 0 bridgehead atoms. The van der Waals surface area contributed by atoms with Crippen molar-refractivity contribution in [2.24, 2.45) is 0 Å². The highest BCUT2D eigenvalue weighted by Gasteiger charge is 2.42. The van der Waals surface area contributed by atoms with Gasteiger partial charge in [-0.3, -0.25) is 19.3 Å². The number of rotatable bonds is 7. The highest BCUT2D eigenvalue weighted by atomic mass is 79.9. The minimum Gasteiger partial charge on any atom is -0.462 e. The summed E-state index contributed by atoms with van der Waals surface area (Å²) in [5.74, 6) is -2.23. The first-order valence-corrected chi connectivity index (χ1v) is 11.5. The van der Waals surface area contributed by atoms with Gasteiger partial charge in [-0.25, -0.2) is 4.79 Å². The summed E-state index contributed by atoms with van der Waals surface area (Å²) in [5, 5.41) is 2.73. The van der Waals surface area contributed by atoms with Gasteiger partial charge in [-0.2, -0.15) is 0 Å². The van der Waals surface area contributed by atoms with E-state index in [1.807, 2.05) is 24.3 Å². The molecule has 0 spiro atoms. The fraction of sp³-hybridized carbons (Fsp3) is 0.154. The van der Waals surface area contributed by atoms with E-state index in [0.29, 0.717) is 0 Å². The predicted molar refractivity (Wildman–Crippen MR) is 130 cm³/mol. The number of nitrogens with one attached hydrogen (secondary N) is 1. The van der Waals surface area contributed by atoms with E-state index < -0.39 is 29.7 Å². The van der Waals surface area contributed by atoms with Crippen molar-refractivity contribution in [3.8, 4) is 0 Å². The molecular formula is C26H21BrN2O5. The first-order chi connectivity index (χ1) is 16.4. The fourth-order valence-corrected chi connectivity index (χ4v) is 4.10. The van der Waals surface area contributed by atoms with Crippen LogP contribution in [-0.2, 0) is 16.0 Å². The summed E-state index contributed by atoms with van der Waals surface area (Å²) in [5.41, 5.74) is 1.70. The number of benzene rings is 3. The van der Waals surface area contributed by atoms with Crippen LogP contribution < -0.4 is 5.32 Å². The van der Waals surface area contributed by atoms with Gasteiger partial charge in [-0.15, -0.1) is 0 Å². The van der Waals surface area contributed by atoms with Crippen LogP contribution in [0.5, 0.6) is 0 Å². The topological polar surface area (TPSA) is 92.8 Å². The summed E-state index contributed by atoms with van der Waals surface area (Å²) >= 11 is 3.38. The van der Waals surface area contributed by atoms with Gasteiger partial charge in [0.25, 0.3) is 11.8 Å². The Bertz CT molecular complexity index is 1240. The van der Waals surface area contributed by atoms with Crippen molar-refractivity contribution in [2.75, 3.05) is 11.9 Å². The number of esters is 1. The van der Waals surface area contributed by atoms with Crippen molar-refractivity contribution >= 4 is 45.3 Å². The van der Waals surface area contributed by atoms with Crippen molar-refractivity contribution < 1.29 is 23.9 Å². The van der Waals surface area contributed by atoms with Gasteiger partial charge >= 0.3 is 5.97 Å². The molecule has 1 aliphatic rings. The van der Waals surface area contributed by atoms with E-state index in [-0.39, 0.29) is 35.4 Å². The van der Waals surface area contributed by atoms with E-state index in [9.17, 15) is 19.2 Å². The summed E-state index contributed by atoms with van der Waals surface area (Å²) in [4.78, 5) is 53.2. The number of para-hydroxylation sites is 1. The molecule has 0 aromatic heterocycles. The van der Waals surface area contributed by atoms with Crippen LogP contribution in [0, 0.1) is 0 Å². The average molecular weight is 521 g/mol. The van der Waals surface area contributed by atoms with Gasteiger partial charge in [-0.1, -0.05) is 52.3 Å². The Morgan fingerprint density at radius 2 is 1.50 bits per heavy atom. The van der Waals surface area contributed by atoms with Gasteiger partial charge in [0, 0.05) is 10.9 Å². The van der Waals surface area contributed by atoms with Gasteiger partial charge < -0.3 is 10.1 Å². The largest absolute Gasteiger partial charge is 0.462 e. The zero-order chi connectivity index (χ0) is 24.2. The SMILES string of the molecule is CCOC(=O)c1ccccc1NC(=O)C(Cc1ccc(Br)cc1)N1C(=O)c2ccccc2C1=O.